The highest BCUT2D eigenvalue weighted by atomic mass is 32.1. The molecule has 0 aliphatic carbocycles. The van der Waals surface area contributed by atoms with E-state index in [-0.39, 0.29) is 0 Å². The highest BCUT2D eigenvalue weighted by Gasteiger charge is 2.01. The Kier molecular flexibility index (Phi) is 1.71. The summed E-state index contributed by atoms with van der Waals surface area (Å²) in [6, 6.07) is 8.32. The third-order valence-corrected chi connectivity index (χ3v) is 4.09. The maximum absolute atomic E-state index is 3.56. The molecule has 0 aliphatic heterocycles. The van der Waals surface area contributed by atoms with Gasteiger partial charge in [-0.25, -0.2) is 0 Å². The second kappa shape index (κ2) is 2.58. The molecule has 3 heteroatoms. The predicted octanol–water partition coefficient (Wildman–Crippen LogP) is 0.489. The summed E-state index contributed by atoms with van der Waals surface area (Å²) in [4.78, 5) is 0. The summed E-state index contributed by atoms with van der Waals surface area (Å²) in [7, 11) is 7.09. The van der Waals surface area contributed by atoms with Crippen molar-refractivity contribution in [1.82, 2.24) is 0 Å². The summed E-state index contributed by atoms with van der Waals surface area (Å²) >= 11 is 1.74. The Morgan fingerprint density at radius 2 is 1.82 bits per heavy atom. The number of benzene rings is 1. The highest BCUT2D eigenvalue weighted by Crippen LogP contribution is 2.14. The summed E-state index contributed by atoms with van der Waals surface area (Å²) < 4.78 is 2.46. The topological polar surface area (TPSA) is 0 Å². The lowest BCUT2D eigenvalue weighted by molar-refractivity contribution is 1.87. The van der Waals surface area contributed by atoms with Crippen LogP contribution in [-0.2, 0) is 0 Å². The van der Waals surface area contributed by atoms with E-state index in [9.17, 15) is 0 Å². The van der Waals surface area contributed by atoms with Crippen molar-refractivity contribution >= 4 is 51.6 Å². The molecule has 11 heavy (non-hydrogen) atoms. The van der Waals surface area contributed by atoms with E-state index in [1.807, 2.05) is 6.07 Å². The van der Waals surface area contributed by atoms with Gasteiger partial charge in [0.1, 0.15) is 0 Å². The van der Waals surface area contributed by atoms with Crippen LogP contribution in [0.1, 0.15) is 0 Å². The molecule has 0 atom stereocenters. The van der Waals surface area contributed by atoms with Gasteiger partial charge in [0, 0.05) is 4.70 Å². The average Bonchev–Trinajstić information content (AvgIpc) is 2.30. The lowest BCUT2D eigenvalue weighted by Gasteiger charge is -1.88. The predicted molar refractivity (Wildman–Crippen MR) is 52.6 cm³/mol. The summed E-state index contributed by atoms with van der Waals surface area (Å²) in [6.07, 6.45) is 0. The first-order valence-electron chi connectivity index (χ1n) is 3.24. The van der Waals surface area contributed by atoms with Crippen LogP contribution in [0.25, 0.3) is 10.1 Å². The monoisotopic (exact) mass is 188 g/mol. The molecule has 0 saturated heterocycles. The summed E-state index contributed by atoms with van der Waals surface area (Å²) in [5, 5.41) is 2.43. The quantitative estimate of drug-likeness (QED) is 0.528. The molecule has 2 aromatic rings. The van der Waals surface area contributed by atoms with Crippen molar-refractivity contribution in [1.29, 1.82) is 0 Å². The standard InChI is InChI=1S/C8H4SSi2/c10-7-5-3-1-2-4-6(5)9-8(7)11/h1-4H. The zero-order chi connectivity index (χ0) is 7.84. The molecule has 0 aliphatic rings. The molecule has 1 aromatic heterocycles. The number of hydrogen-bond acceptors (Lipinski definition) is 1. The Balaban J connectivity index is 2.92. The van der Waals surface area contributed by atoms with Crippen LogP contribution < -0.4 is 9.69 Å². The van der Waals surface area contributed by atoms with E-state index in [1.165, 1.54) is 10.1 Å². The van der Waals surface area contributed by atoms with Crippen molar-refractivity contribution < 1.29 is 0 Å². The fraction of sp³-hybridized carbons (Fsp3) is 0. The molecule has 0 amide bonds. The minimum absolute atomic E-state index is 1.15. The highest BCUT2D eigenvalue weighted by molar-refractivity contribution is 7.27. The summed E-state index contributed by atoms with van der Waals surface area (Å²) in [5.41, 5.74) is 0. The average molecular weight is 188 g/mol. The second-order valence-electron chi connectivity index (χ2n) is 2.30. The molecule has 1 heterocycles. The maximum atomic E-state index is 3.56. The van der Waals surface area contributed by atoms with Gasteiger partial charge in [-0.2, -0.15) is 0 Å². The van der Waals surface area contributed by atoms with Crippen LogP contribution in [0.5, 0.6) is 0 Å². The molecule has 0 saturated carbocycles. The van der Waals surface area contributed by atoms with Gasteiger partial charge in [-0.05, 0) is 16.0 Å². The van der Waals surface area contributed by atoms with E-state index >= 15 is 0 Å². The fourth-order valence-corrected chi connectivity index (χ4v) is 2.83. The smallest absolute Gasteiger partial charge is 0.0862 e. The molecule has 50 valence electrons. The van der Waals surface area contributed by atoms with Crippen molar-refractivity contribution in [2.45, 2.75) is 0 Å². The number of fused-ring (bicyclic) bond motifs is 1. The van der Waals surface area contributed by atoms with Gasteiger partial charge in [0.2, 0.25) is 0 Å². The summed E-state index contributed by atoms with van der Waals surface area (Å²) in [6.45, 7) is 0. The van der Waals surface area contributed by atoms with Gasteiger partial charge in [-0.3, -0.25) is 0 Å². The minimum atomic E-state index is 1.15. The molecule has 0 unspecified atom stereocenters. The van der Waals surface area contributed by atoms with E-state index < -0.39 is 0 Å². The van der Waals surface area contributed by atoms with E-state index in [1.54, 1.807) is 11.3 Å². The minimum Gasteiger partial charge on any atom is -0.146 e. The molecule has 0 N–H and O–H groups in total. The van der Waals surface area contributed by atoms with Crippen molar-refractivity contribution in [3.05, 3.63) is 24.3 Å². The van der Waals surface area contributed by atoms with Gasteiger partial charge in [0.25, 0.3) is 0 Å². The normalized spacial score (nSPS) is 10.7. The maximum Gasteiger partial charge on any atom is 0.0862 e. The largest absolute Gasteiger partial charge is 0.146 e. The van der Waals surface area contributed by atoms with Gasteiger partial charge in [0.05, 0.1) is 20.5 Å². The Hall–Kier alpha value is -0.386. The van der Waals surface area contributed by atoms with E-state index in [4.69, 9.17) is 0 Å². The van der Waals surface area contributed by atoms with Gasteiger partial charge < -0.3 is 0 Å². The Bertz CT molecular complexity index is 392. The van der Waals surface area contributed by atoms with Crippen molar-refractivity contribution in [3.8, 4) is 0 Å². The van der Waals surface area contributed by atoms with Crippen LogP contribution in [0.4, 0.5) is 0 Å². The number of thiophene rings is 1. The van der Waals surface area contributed by atoms with Crippen molar-refractivity contribution in [2.24, 2.45) is 0 Å². The molecule has 6 radical (unpaired) electrons. The Morgan fingerprint density at radius 1 is 1.09 bits per heavy atom. The molecular weight excluding hydrogens is 184 g/mol. The third-order valence-electron chi connectivity index (χ3n) is 1.60. The van der Waals surface area contributed by atoms with Gasteiger partial charge >= 0.3 is 0 Å². The van der Waals surface area contributed by atoms with Crippen LogP contribution in [0.2, 0.25) is 0 Å². The lowest BCUT2D eigenvalue weighted by atomic mass is 10.3. The molecule has 2 rings (SSSR count). The van der Waals surface area contributed by atoms with Gasteiger partial charge in [-0.15, -0.1) is 11.3 Å². The lowest BCUT2D eigenvalue weighted by Crippen LogP contribution is -2.19. The number of hydrogen-bond donors (Lipinski definition) is 0. The molecule has 0 fully saturated rings. The SMILES string of the molecule is [Si]c1sc2ccccc2c1[Si]. The first-order chi connectivity index (χ1) is 5.29. The zero-order valence-corrected chi connectivity index (χ0v) is 8.53. The van der Waals surface area contributed by atoms with Crippen LogP contribution >= 0.6 is 11.3 Å². The second-order valence-corrected chi connectivity index (χ2v) is 4.72. The third kappa shape index (κ3) is 1.09. The fourth-order valence-electron chi connectivity index (χ4n) is 1.05. The molecule has 0 bridgehead atoms. The van der Waals surface area contributed by atoms with Gasteiger partial charge in [-0.1, -0.05) is 23.4 Å². The molecule has 1 aromatic carbocycles. The van der Waals surface area contributed by atoms with E-state index in [2.05, 4.69) is 38.7 Å². The van der Waals surface area contributed by atoms with Gasteiger partial charge in [0.15, 0.2) is 0 Å². The van der Waals surface area contributed by atoms with E-state index in [0.717, 1.165) is 9.69 Å². The zero-order valence-electron chi connectivity index (χ0n) is 5.72. The van der Waals surface area contributed by atoms with Crippen LogP contribution in [0, 0.1) is 0 Å². The first kappa shape index (κ1) is 7.27. The summed E-state index contributed by atoms with van der Waals surface area (Å²) in [5.74, 6) is 0. The van der Waals surface area contributed by atoms with Crippen molar-refractivity contribution in [2.75, 3.05) is 0 Å². The Morgan fingerprint density at radius 3 is 2.55 bits per heavy atom. The van der Waals surface area contributed by atoms with Crippen LogP contribution in [-0.4, -0.2) is 20.5 Å². The molecule has 0 spiro atoms. The number of rotatable bonds is 0. The van der Waals surface area contributed by atoms with Crippen molar-refractivity contribution in [3.63, 3.8) is 0 Å². The Labute approximate surface area is 76.1 Å². The van der Waals surface area contributed by atoms with Crippen LogP contribution in [0.3, 0.4) is 0 Å². The first-order valence-corrected chi connectivity index (χ1v) is 5.05. The molecule has 0 nitrogen and oxygen atoms in total. The van der Waals surface area contributed by atoms with Crippen LogP contribution in [0.15, 0.2) is 24.3 Å². The van der Waals surface area contributed by atoms with E-state index in [0.29, 0.717) is 0 Å². The molecular formula is C8H4SSi2.